The fourth-order valence-corrected chi connectivity index (χ4v) is 3.52. The first-order chi connectivity index (χ1) is 15.9. The van der Waals surface area contributed by atoms with Gasteiger partial charge in [0.1, 0.15) is 5.82 Å². The summed E-state index contributed by atoms with van der Waals surface area (Å²) < 4.78 is 20.5. The smallest absolute Gasteiger partial charge is 0.270 e. The number of nitrogens with zero attached hydrogens (tertiary/aromatic N) is 4. The maximum atomic E-state index is 13.0. The molecule has 3 aromatic carbocycles. The zero-order chi connectivity index (χ0) is 23.4. The van der Waals surface area contributed by atoms with Crippen LogP contribution in [0.5, 0.6) is 5.88 Å². The number of aryl methyl sites for hydroxylation is 1. The molecule has 0 fully saturated rings. The summed E-state index contributed by atoms with van der Waals surface area (Å²) in [6.45, 7) is 0.540. The highest BCUT2D eigenvalue weighted by Gasteiger charge is 2.17. The predicted octanol–water partition coefficient (Wildman–Crippen LogP) is 5.05. The number of ether oxygens (including phenoxy) is 1. The predicted molar refractivity (Wildman–Crippen MR) is 119 cm³/mol. The van der Waals surface area contributed by atoms with Crippen molar-refractivity contribution in [3.8, 4) is 5.88 Å². The highest BCUT2D eigenvalue weighted by atomic mass is 19.1. The third kappa shape index (κ3) is 5.12. The SMILES string of the molecule is O=[N+]([O-])c1cccc(Cn2nc(OCCCc3ccc(F)cc3)c3cc([N+](=O)[O-])ccc32)c1. The van der Waals surface area contributed by atoms with E-state index in [2.05, 4.69) is 5.10 Å². The largest absolute Gasteiger partial charge is 0.476 e. The minimum absolute atomic E-state index is 0.0307. The van der Waals surface area contributed by atoms with E-state index in [1.54, 1.807) is 35.0 Å². The maximum Gasteiger partial charge on any atom is 0.270 e. The average Bonchev–Trinajstić information content (AvgIpc) is 3.14. The lowest BCUT2D eigenvalue weighted by Crippen LogP contribution is -2.04. The van der Waals surface area contributed by atoms with Crippen molar-refractivity contribution < 1.29 is 19.0 Å². The van der Waals surface area contributed by atoms with Crippen LogP contribution in [-0.2, 0) is 13.0 Å². The first-order valence-electron chi connectivity index (χ1n) is 10.2. The molecule has 0 atom stereocenters. The molecule has 0 aliphatic rings. The van der Waals surface area contributed by atoms with Crippen molar-refractivity contribution in [2.75, 3.05) is 6.61 Å². The number of nitro groups is 2. The zero-order valence-corrected chi connectivity index (χ0v) is 17.4. The Hall–Kier alpha value is -4.34. The summed E-state index contributed by atoms with van der Waals surface area (Å²) in [5, 5.41) is 27.3. The molecule has 0 N–H and O–H groups in total. The number of non-ortho nitro benzene ring substituents is 2. The van der Waals surface area contributed by atoms with Crippen LogP contribution in [0.2, 0.25) is 0 Å². The molecule has 33 heavy (non-hydrogen) atoms. The van der Waals surface area contributed by atoms with E-state index in [-0.39, 0.29) is 29.6 Å². The van der Waals surface area contributed by atoms with Crippen molar-refractivity contribution in [3.05, 3.63) is 104 Å². The van der Waals surface area contributed by atoms with Gasteiger partial charge in [-0.3, -0.25) is 24.9 Å². The summed E-state index contributed by atoms with van der Waals surface area (Å²) in [6.07, 6.45) is 1.31. The normalized spacial score (nSPS) is 10.9. The summed E-state index contributed by atoms with van der Waals surface area (Å²) in [5.41, 5.74) is 2.12. The van der Waals surface area contributed by atoms with Gasteiger partial charge < -0.3 is 4.74 Å². The Morgan fingerprint density at radius 2 is 1.64 bits per heavy atom. The summed E-state index contributed by atoms with van der Waals surface area (Å²) in [6, 6.07) is 16.8. The lowest BCUT2D eigenvalue weighted by molar-refractivity contribution is -0.385. The van der Waals surface area contributed by atoms with Crippen molar-refractivity contribution in [1.29, 1.82) is 0 Å². The van der Waals surface area contributed by atoms with E-state index in [0.29, 0.717) is 35.9 Å². The molecule has 10 heteroatoms. The van der Waals surface area contributed by atoms with E-state index in [9.17, 15) is 24.6 Å². The third-order valence-electron chi connectivity index (χ3n) is 5.13. The van der Waals surface area contributed by atoms with Crippen LogP contribution in [0.4, 0.5) is 15.8 Å². The van der Waals surface area contributed by atoms with Crippen molar-refractivity contribution in [2.45, 2.75) is 19.4 Å². The third-order valence-corrected chi connectivity index (χ3v) is 5.13. The monoisotopic (exact) mass is 450 g/mol. The minimum Gasteiger partial charge on any atom is -0.476 e. The standard InChI is InChI=1S/C23H19FN4O5/c24-18-8-6-16(7-9-18)4-2-12-33-23-21-14-20(28(31)32)10-11-22(21)26(25-23)15-17-3-1-5-19(13-17)27(29)30/h1,3,5-11,13-14H,2,4,12,15H2. The fourth-order valence-electron chi connectivity index (χ4n) is 3.52. The highest BCUT2D eigenvalue weighted by molar-refractivity contribution is 5.86. The van der Waals surface area contributed by atoms with Gasteiger partial charge in [0.25, 0.3) is 11.4 Å². The number of halogens is 1. The zero-order valence-electron chi connectivity index (χ0n) is 17.4. The van der Waals surface area contributed by atoms with E-state index in [1.807, 2.05) is 0 Å². The molecule has 0 spiro atoms. The van der Waals surface area contributed by atoms with Crippen molar-refractivity contribution >= 4 is 22.3 Å². The Kier molecular flexibility index (Phi) is 6.25. The summed E-state index contributed by atoms with van der Waals surface area (Å²) in [4.78, 5) is 21.4. The molecule has 4 aromatic rings. The highest BCUT2D eigenvalue weighted by Crippen LogP contribution is 2.30. The number of aromatic nitrogens is 2. The Morgan fingerprint density at radius 1 is 0.909 bits per heavy atom. The van der Waals surface area contributed by atoms with Gasteiger partial charge in [0.2, 0.25) is 5.88 Å². The van der Waals surface area contributed by atoms with Crippen LogP contribution in [0.3, 0.4) is 0 Å². The van der Waals surface area contributed by atoms with Crippen LogP contribution >= 0.6 is 0 Å². The van der Waals surface area contributed by atoms with Crippen molar-refractivity contribution in [3.63, 3.8) is 0 Å². The van der Waals surface area contributed by atoms with Gasteiger partial charge in [-0.25, -0.2) is 4.39 Å². The molecule has 168 valence electrons. The van der Waals surface area contributed by atoms with Gasteiger partial charge in [-0.05, 0) is 42.2 Å². The summed E-state index contributed by atoms with van der Waals surface area (Å²) in [5.74, 6) is -0.0458. The summed E-state index contributed by atoms with van der Waals surface area (Å²) in [7, 11) is 0. The number of fused-ring (bicyclic) bond motifs is 1. The molecule has 0 bridgehead atoms. The van der Waals surface area contributed by atoms with Gasteiger partial charge in [-0.2, -0.15) is 0 Å². The Labute approximate surface area is 187 Å². The van der Waals surface area contributed by atoms with Crippen molar-refractivity contribution in [1.82, 2.24) is 9.78 Å². The van der Waals surface area contributed by atoms with Gasteiger partial charge in [0.05, 0.1) is 33.9 Å². The molecule has 1 heterocycles. The lowest BCUT2D eigenvalue weighted by Gasteiger charge is -2.04. The number of hydrogen-bond donors (Lipinski definition) is 0. The van der Waals surface area contributed by atoms with E-state index in [1.165, 1.54) is 36.4 Å². The first-order valence-corrected chi connectivity index (χ1v) is 10.2. The van der Waals surface area contributed by atoms with E-state index < -0.39 is 9.85 Å². The van der Waals surface area contributed by atoms with Crippen LogP contribution < -0.4 is 4.74 Å². The van der Waals surface area contributed by atoms with Gasteiger partial charge in [-0.15, -0.1) is 5.10 Å². The molecule has 0 amide bonds. The second kappa shape index (κ2) is 9.43. The Morgan fingerprint density at radius 3 is 2.36 bits per heavy atom. The van der Waals surface area contributed by atoms with Crippen molar-refractivity contribution in [2.24, 2.45) is 0 Å². The second-order valence-corrected chi connectivity index (χ2v) is 7.43. The Bertz CT molecular complexity index is 1320. The average molecular weight is 450 g/mol. The molecule has 0 aliphatic carbocycles. The van der Waals surface area contributed by atoms with Gasteiger partial charge in [0, 0.05) is 24.3 Å². The molecular formula is C23H19FN4O5. The van der Waals surface area contributed by atoms with Gasteiger partial charge in [-0.1, -0.05) is 24.3 Å². The number of nitro benzene ring substituents is 2. The molecule has 0 saturated heterocycles. The minimum atomic E-state index is -0.490. The van der Waals surface area contributed by atoms with Gasteiger partial charge >= 0.3 is 0 Å². The molecule has 0 aliphatic heterocycles. The number of rotatable bonds is 9. The van der Waals surface area contributed by atoms with Crippen LogP contribution in [0.25, 0.3) is 10.9 Å². The fraction of sp³-hybridized carbons (Fsp3) is 0.174. The molecule has 4 rings (SSSR count). The molecule has 1 aromatic heterocycles. The molecular weight excluding hydrogens is 431 g/mol. The van der Waals surface area contributed by atoms with E-state index in [0.717, 1.165) is 5.56 Å². The molecule has 0 saturated carbocycles. The molecule has 0 radical (unpaired) electrons. The Balaban J connectivity index is 1.56. The van der Waals surface area contributed by atoms with Crippen LogP contribution in [0, 0.1) is 26.0 Å². The quantitative estimate of drug-likeness (QED) is 0.200. The number of hydrogen-bond acceptors (Lipinski definition) is 6. The van der Waals surface area contributed by atoms with Gasteiger partial charge in [0.15, 0.2) is 0 Å². The first kappa shape index (κ1) is 21.9. The topological polar surface area (TPSA) is 113 Å². The summed E-state index contributed by atoms with van der Waals surface area (Å²) >= 11 is 0. The second-order valence-electron chi connectivity index (χ2n) is 7.43. The maximum absolute atomic E-state index is 13.0. The van der Waals surface area contributed by atoms with E-state index in [4.69, 9.17) is 4.74 Å². The van der Waals surface area contributed by atoms with Crippen LogP contribution in [0.15, 0.2) is 66.7 Å². The number of benzene rings is 3. The molecule has 0 unspecified atom stereocenters. The van der Waals surface area contributed by atoms with E-state index >= 15 is 0 Å². The lowest BCUT2D eigenvalue weighted by atomic mass is 10.1. The van der Waals surface area contributed by atoms with Crippen LogP contribution in [0.1, 0.15) is 17.5 Å². The molecule has 9 nitrogen and oxygen atoms in total. The van der Waals surface area contributed by atoms with Crippen LogP contribution in [-0.4, -0.2) is 26.2 Å².